The molecule has 0 unspecified atom stereocenters. The fraction of sp³-hybridized carbons (Fsp3) is 0.118. The number of amides is 2. The maximum Gasteiger partial charge on any atom is 0.319 e. The van der Waals surface area contributed by atoms with Crippen LogP contribution in [0, 0.1) is 6.92 Å². The molecule has 2 amide bonds. The minimum atomic E-state index is -0.310. The van der Waals surface area contributed by atoms with Crippen LogP contribution in [0.5, 0.6) is 0 Å². The summed E-state index contributed by atoms with van der Waals surface area (Å²) in [5.41, 5.74) is 7.86. The Hall–Kier alpha value is -3.35. The van der Waals surface area contributed by atoms with Gasteiger partial charge in [-0.25, -0.2) is 14.8 Å². The number of hydrogen-bond acceptors (Lipinski definition) is 5. The van der Waals surface area contributed by atoms with E-state index in [2.05, 4.69) is 20.6 Å². The number of urea groups is 1. The van der Waals surface area contributed by atoms with Gasteiger partial charge in [0.05, 0.1) is 6.54 Å². The van der Waals surface area contributed by atoms with Crippen LogP contribution in [-0.4, -0.2) is 16.0 Å². The van der Waals surface area contributed by atoms with E-state index < -0.39 is 0 Å². The Morgan fingerprint density at radius 2 is 1.96 bits per heavy atom. The first kappa shape index (κ1) is 15.5. The van der Waals surface area contributed by atoms with Crippen LogP contribution >= 0.6 is 0 Å². The molecule has 0 fully saturated rings. The number of furan rings is 1. The fourth-order valence-corrected chi connectivity index (χ4v) is 2.19. The van der Waals surface area contributed by atoms with Gasteiger partial charge in [0.2, 0.25) is 5.95 Å². The maximum absolute atomic E-state index is 12.0. The molecule has 0 atom stereocenters. The highest BCUT2D eigenvalue weighted by Crippen LogP contribution is 2.21. The van der Waals surface area contributed by atoms with Crippen LogP contribution in [0.3, 0.4) is 0 Å². The molecular formula is C17H17N5O2. The smallest absolute Gasteiger partial charge is 0.319 e. The highest BCUT2D eigenvalue weighted by molar-refractivity contribution is 5.90. The van der Waals surface area contributed by atoms with Crippen LogP contribution in [0.25, 0.3) is 11.1 Å². The fourth-order valence-electron chi connectivity index (χ4n) is 2.19. The lowest BCUT2D eigenvalue weighted by atomic mass is 10.1. The van der Waals surface area contributed by atoms with Crippen molar-refractivity contribution in [2.24, 2.45) is 0 Å². The van der Waals surface area contributed by atoms with Crippen molar-refractivity contribution in [3.05, 3.63) is 60.3 Å². The van der Waals surface area contributed by atoms with Gasteiger partial charge in [0, 0.05) is 23.6 Å². The van der Waals surface area contributed by atoms with Crippen LogP contribution < -0.4 is 16.4 Å². The Balaban J connectivity index is 1.63. The van der Waals surface area contributed by atoms with E-state index in [1.54, 1.807) is 18.5 Å². The molecule has 0 aliphatic carbocycles. The zero-order valence-electron chi connectivity index (χ0n) is 13.1. The summed E-state index contributed by atoms with van der Waals surface area (Å²) >= 11 is 0. The summed E-state index contributed by atoms with van der Waals surface area (Å²) in [4.78, 5) is 19.9. The van der Waals surface area contributed by atoms with Crippen molar-refractivity contribution >= 4 is 17.7 Å². The Kier molecular flexibility index (Phi) is 4.42. The van der Waals surface area contributed by atoms with Gasteiger partial charge in [-0.3, -0.25) is 0 Å². The van der Waals surface area contributed by atoms with Gasteiger partial charge in [-0.05, 0) is 36.8 Å². The Labute approximate surface area is 138 Å². The summed E-state index contributed by atoms with van der Waals surface area (Å²) in [6.45, 7) is 2.18. The summed E-state index contributed by atoms with van der Waals surface area (Å²) in [5, 5.41) is 5.53. The second-order valence-electron chi connectivity index (χ2n) is 5.23. The number of hydrogen-bond donors (Lipinski definition) is 3. The molecule has 3 rings (SSSR count). The molecule has 24 heavy (non-hydrogen) atoms. The molecule has 7 nitrogen and oxygen atoms in total. The number of nitrogens with zero attached hydrogens (tertiary/aromatic N) is 2. The van der Waals surface area contributed by atoms with E-state index in [1.807, 2.05) is 37.3 Å². The van der Waals surface area contributed by atoms with Gasteiger partial charge < -0.3 is 20.8 Å². The van der Waals surface area contributed by atoms with E-state index in [0.29, 0.717) is 18.0 Å². The third kappa shape index (κ3) is 3.89. The quantitative estimate of drug-likeness (QED) is 0.684. The molecule has 122 valence electrons. The minimum absolute atomic E-state index is 0.223. The standard InChI is InChI=1S/C17H17N5O2/c1-11-5-6-15(24-11)10-21-17(23)22-14-4-2-3-12(7-14)13-8-19-16(18)20-9-13/h2-9H,10H2,1H3,(H2,18,19,20)(H2,21,22,23). The Bertz CT molecular complexity index is 842. The number of anilines is 2. The molecule has 7 heteroatoms. The third-order valence-corrected chi connectivity index (χ3v) is 3.34. The lowest BCUT2D eigenvalue weighted by Gasteiger charge is -2.08. The molecule has 4 N–H and O–H groups in total. The summed E-state index contributed by atoms with van der Waals surface area (Å²) in [5.74, 6) is 1.74. The topological polar surface area (TPSA) is 106 Å². The van der Waals surface area contributed by atoms with E-state index >= 15 is 0 Å². The average Bonchev–Trinajstić information content (AvgIpc) is 2.99. The van der Waals surface area contributed by atoms with E-state index in [-0.39, 0.29) is 12.0 Å². The lowest BCUT2D eigenvalue weighted by molar-refractivity contribution is 0.250. The third-order valence-electron chi connectivity index (χ3n) is 3.34. The first-order chi connectivity index (χ1) is 11.6. The second-order valence-corrected chi connectivity index (χ2v) is 5.23. The average molecular weight is 323 g/mol. The number of carbonyl (C=O) groups excluding carboxylic acids is 1. The van der Waals surface area contributed by atoms with Crippen LogP contribution in [0.2, 0.25) is 0 Å². The molecule has 0 bridgehead atoms. The van der Waals surface area contributed by atoms with E-state index in [9.17, 15) is 4.79 Å². The van der Waals surface area contributed by atoms with Crippen molar-refractivity contribution in [1.29, 1.82) is 0 Å². The number of aryl methyl sites for hydroxylation is 1. The molecule has 0 spiro atoms. The summed E-state index contributed by atoms with van der Waals surface area (Å²) < 4.78 is 5.40. The van der Waals surface area contributed by atoms with Crippen molar-refractivity contribution in [1.82, 2.24) is 15.3 Å². The zero-order chi connectivity index (χ0) is 16.9. The van der Waals surface area contributed by atoms with Crippen molar-refractivity contribution < 1.29 is 9.21 Å². The molecule has 2 heterocycles. The van der Waals surface area contributed by atoms with Gasteiger partial charge in [-0.2, -0.15) is 0 Å². The first-order valence-corrected chi connectivity index (χ1v) is 7.38. The van der Waals surface area contributed by atoms with Gasteiger partial charge in [0.25, 0.3) is 0 Å². The van der Waals surface area contributed by atoms with Gasteiger partial charge in [-0.1, -0.05) is 12.1 Å². The van der Waals surface area contributed by atoms with Crippen LogP contribution in [0.4, 0.5) is 16.4 Å². The SMILES string of the molecule is Cc1ccc(CNC(=O)Nc2cccc(-c3cnc(N)nc3)c2)o1. The number of carbonyl (C=O) groups is 1. The van der Waals surface area contributed by atoms with Crippen LogP contribution in [-0.2, 0) is 6.54 Å². The maximum atomic E-state index is 12.0. The number of nitrogens with one attached hydrogen (secondary N) is 2. The first-order valence-electron chi connectivity index (χ1n) is 7.38. The molecule has 2 aromatic heterocycles. The predicted octanol–water partition coefficient (Wildman–Crippen LogP) is 2.95. The van der Waals surface area contributed by atoms with Crippen LogP contribution in [0.15, 0.2) is 53.2 Å². The molecule has 0 radical (unpaired) electrons. The van der Waals surface area contributed by atoms with Gasteiger partial charge in [-0.15, -0.1) is 0 Å². The van der Waals surface area contributed by atoms with Gasteiger partial charge in [0.1, 0.15) is 11.5 Å². The normalized spacial score (nSPS) is 10.4. The zero-order valence-corrected chi connectivity index (χ0v) is 13.1. The van der Waals surface area contributed by atoms with E-state index in [0.717, 1.165) is 16.9 Å². The Morgan fingerprint density at radius 1 is 1.17 bits per heavy atom. The van der Waals surface area contributed by atoms with Crippen molar-refractivity contribution in [2.75, 3.05) is 11.1 Å². The number of aromatic nitrogens is 2. The molecule has 0 saturated heterocycles. The molecule has 0 aliphatic rings. The number of rotatable bonds is 4. The van der Waals surface area contributed by atoms with Crippen molar-refractivity contribution in [2.45, 2.75) is 13.5 Å². The summed E-state index contributed by atoms with van der Waals surface area (Å²) in [6, 6.07) is 10.8. The van der Waals surface area contributed by atoms with Crippen LogP contribution in [0.1, 0.15) is 11.5 Å². The highest BCUT2D eigenvalue weighted by Gasteiger charge is 2.06. The minimum Gasteiger partial charge on any atom is -0.465 e. The molecule has 0 aliphatic heterocycles. The monoisotopic (exact) mass is 323 g/mol. The number of nitrogens with two attached hydrogens (primary N) is 1. The molecule has 3 aromatic rings. The summed E-state index contributed by atoms with van der Waals surface area (Å²) in [7, 11) is 0. The number of benzene rings is 1. The Morgan fingerprint density at radius 3 is 2.67 bits per heavy atom. The van der Waals surface area contributed by atoms with Gasteiger partial charge in [0.15, 0.2) is 0 Å². The second kappa shape index (κ2) is 6.82. The van der Waals surface area contributed by atoms with Crippen molar-refractivity contribution in [3.63, 3.8) is 0 Å². The van der Waals surface area contributed by atoms with Crippen molar-refractivity contribution in [3.8, 4) is 11.1 Å². The van der Waals surface area contributed by atoms with E-state index in [4.69, 9.17) is 10.2 Å². The highest BCUT2D eigenvalue weighted by atomic mass is 16.3. The van der Waals surface area contributed by atoms with Gasteiger partial charge >= 0.3 is 6.03 Å². The molecule has 0 saturated carbocycles. The molecular weight excluding hydrogens is 306 g/mol. The largest absolute Gasteiger partial charge is 0.465 e. The van der Waals surface area contributed by atoms with E-state index in [1.165, 1.54) is 0 Å². The summed E-state index contributed by atoms with van der Waals surface area (Å²) in [6.07, 6.45) is 3.28. The molecule has 1 aromatic carbocycles. The predicted molar refractivity (Wildman–Crippen MR) is 91.2 cm³/mol. The number of nitrogen functional groups attached to an aromatic ring is 1. The lowest BCUT2D eigenvalue weighted by Crippen LogP contribution is -2.27.